The fourth-order valence-corrected chi connectivity index (χ4v) is 3.78. The minimum absolute atomic E-state index is 0.0611. The second-order valence-corrected chi connectivity index (χ2v) is 7.71. The Kier molecular flexibility index (Phi) is 7.06. The van der Waals surface area contributed by atoms with E-state index in [2.05, 4.69) is 27.4 Å². The van der Waals surface area contributed by atoms with E-state index in [1.807, 2.05) is 47.9 Å². The zero-order valence-electron chi connectivity index (χ0n) is 15.8. The van der Waals surface area contributed by atoms with Crippen molar-refractivity contribution in [2.75, 3.05) is 5.75 Å². The molecule has 0 unspecified atom stereocenters. The number of benzene rings is 1. The van der Waals surface area contributed by atoms with Crippen LogP contribution < -0.4 is 5.32 Å². The van der Waals surface area contributed by atoms with E-state index < -0.39 is 0 Å². The van der Waals surface area contributed by atoms with Gasteiger partial charge in [0.15, 0.2) is 11.0 Å². The molecule has 0 aliphatic heterocycles. The Labute approximate surface area is 173 Å². The molecule has 0 spiro atoms. The van der Waals surface area contributed by atoms with E-state index in [4.69, 9.17) is 11.6 Å². The van der Waals surface area contributed by atoms with Gasteiger partial charge in [-0.2, -0.15) is 0 Å². The van der Waals surface area contributed by atoms with Crippen LogP contribution in [0, 0.1) is 0 Å². The summed E-state index contributed by atoms with van der Waals surface area (Å²) >= 11 is 7.41. The van der Waals surface area contributed by atoms with Crippen molar-refractivity contribution in [2.24, 2.45) is 0 Å². The predicted octanol–water partition coefficient (Wildman–Crippen LogP) is 4.37. The molecule has 2 heterocycles. The zero-order chi connectivity index (χ0) is 19.9. The first-order chi connectivity index (χ1) is 13.6. The van der Waals surface area contributed by atoms with E-state index >= 15 is 0 Å². The Hall–Kier alpha value is -2.38. The van der Waals surface area contributed by atoms with E-state index in [1.54, 1.807) is 12.4 Å². The Bertz CT molecular complexity index is 931. The number of carbonyl (C=O) groups excluding carboxylic acids is 1. The molecule has 0 fully saturated rings. The smallest absolute Gasteiger partial charge is 0.230 e. The van der Waals surface area contributed by atoms with Gasteiger partial charge in [0.1, 0.15) is 0 Å². The first kappa shape index (κ1) is 20.4. The topological polar surface area (TPSA) is 72.7 Å². The van der Waals surface area contributed by atoms with E-state index in [0.29, 0.717) is 5.02 Å². The number of carbonyl (C=O) groups is 1. The Morgan fingerprint density at radius 2 is 2.04 bits per heavy atom. The van der Waals surface area contributed by atoms with E-state index in [1.165, 1.54) is 11.8 Å². The van der Waals surface area contributed by atoms with E-state index in [9.17, 15) is 4.79 Å². The number of hydrogen-bond donors (Lipinski definition) is 1. The quantitative estimate of drug-likeness (QED) is 0.553. The van der Waals surface area contributed by atoms with Crippen LogP contribution in [0.1, 0.15) is 31.9 Å². The third-order valence-corrected chi connectivity index (χ3v) is 5.36. The van der Waals surface area contributed by atoms with Crippen LogP contribution in [0.4, 0.5) is 0 Å². The highest BCUT2D eigenvalue weighted by molar-refractivity contribution is 7.99. The predicted molar refractivity (Wildman–Crippen MR) is 112 cm³/mol. The van der Waals surface area contributed by atoms with Crippen LogP contribution in [0.5, 0.6) is 0 Å². The van der Waals surface area contributed by atoms with Gasteiger partial charge in [0.25, 0.3) is 0 Å². The third kappa shape index (κ3) is 5.11. The number of hydrogen-bond acceptors (Lipinski definition) is 5. The lowest BCUT2D eigenvalue weighted by molar-refractivity contribution is -0.119. The molecule has 1 amide bonds. The average Bonchev–Trinajstić information content (AvgIpc) is 3.10. The molecule has 0 saturated heterocycles. The molecule has 2 aromatic heterocycles. The summed E-state index contributed by atoms with van der Waals surface area (Å²) in [7, 11) is 0. The highest BCUT2D eigenvalue weighted by Gasteiger charge is 2.16. The lowest BCUT2D eigenvalue weighted by atomic mass is 10.1. The van der Waals surface area contributed by atoms with Gasteiger partial charge in [-0.05, 0) is 43.2 Å². The maximum atomic E-state index is 12.4. The van der Waals surface area contributed by atoms with Gasteiger partial charge in [-0.3, -0.25) is 9.78 Å². The van der Waals surface area contributed by atoms with Crippen LogP contribution >= 0.6 is 23.4 Å². The van der Waals surface area contributed by atoms with Crippen LogP contribution in [0.2, 0.25) is 5.02 Å². The number of pyridine rings is 1. The van der Waals surface area contributed by atoms with E-state index in [-0.39, 0.29) is 17.7 Å². The highest BCUT2D eigenvalue weighted by Crippen LogP contribution is 2.24. The largest absolute Gasteiger partial charge is 0.349 e. The first-order valence-corrected chi connectivity index (χ1v) is 10.5. The minimum Gasteiger partial charge on any atom is -0.349 e. The molecule has 1 aromatic carbocycles. The average molecular weight is 416 g/mol. The van der Waals surface area contributed by atoms with Gasteiger partial charge in [0.05, 0.1) is 11.8 Å². The monoisotopic (exact) mass is 415 g/mol. The summed E-state index contributed by atoms with van der Waals surface area (Å²) < 4.78 is 2.05. The van der Waals surface area contributed by atoms with Crippen molar-refractivity contribution in [1.82, 2.24) is 25.1 Å². The standard InChI is InChI=1S/C20H22ClN5OS/c1-3-11-26-19(15-7-9-22-10-8-15)24-25-20(26)28-13-18(27)23-14(2)16-5-4-6-17(21)12-16/h4-10,12,14H,3,11,13H2,1-2H3,(H,23,27)/t14-/m0/s1. The molecule has 146 valence electrons. The van der Waals surface area contributed by atoms with Crippen molar-refractivity contribution in [1.29, 1.82) is 0 Å². The lowest BCUT2D eigenvalue weighted by Crippen LogP contribution is -2.28. The number of thioether (sulfide) groups is 1. The SMILES string of the molecule is CCCn1c(SCC(=O)N[C@@H](C)c2cccc(Cl)c2)nnc1-c1ccncc1. The molecule has 28 heavy (non-hydrogen) atoms. The molecule has 3 rings (SSSR count). The molecule has 0 radical (unpaired) electrons. The van der Waals surface area contributed by atoms with Gasteiger partial charge in [-0.25, -0.2) is 0 Å². The van der Waals surface area contributed by atoms with Crippen LogP contribution in [0.25, 0.3) is 11.4 Å². The number of amides is 1. The summed E-state index contributed by atoms with van der Waals surface area (Å²) in [5.41, 5.74) is 1.93. The van der Waals surface area contributed by atoms with Crippen LogP contribution in [-0.4, -0.2) is 31.4 Å². The number of aromatic nitrogens is 4. The molecule has 0 bridgehead atoms. The van der Waals surface area contributed by atoms with Crippen molar-refractivity contribution in [3.63, 3.8) is 0 Å². The van der Waals surface area contributed by atoms with Crippen LogP contribution in [0.15, 0.2) is 53.9 Å². The summed E-state index contributed by atoms with van der Waals surface area (Å²) in [6.07, 6.45) is 4.41. The molecule has 3 aromatic rings. The fraction of sp³-hybridized carbons (Fsp3) is 0.300. The summed E-state index contributed by atoms with van der Waals surface area (Å²) in [4.78, 5) is 16.4. The Morgan fingerprint density at radius 1 is 1.25 bits per heavy atom. The summed E-state index contributed by atoms with van der Waals surface area (Å²) in [5.74, 6) is 0.997. The summed E-state index contributed by atoms with van der Waals surface area (Å²) in [6.45, 7) is 4.83. The van der Waals surface area contributed by atoms with Gasteiger partial charge < -0.3 is 9.88 Å². The van der Waals surface area contributed by atoms with Crippen molar-refractivity contribution in [3.05, 3.63) is 59.4 Å². The first-order valence-electron chi connectivity index (χ1n) is 9.09. The van der Waals surface area contributed by atoms with Crippen LogP contribution in [0.3, 0.4) is 0 Å². The molecule has 1 atom stereocenters. The maximum Gasteiger partial charge on any atom is 0.230 e. The van der Waals surface area contributed by atoms with Crippen molar-refractivity contribution >= 4 is 29.3 Å². The van der Waals surface area contributed by atoms with Crippen LogP contribution in [-0.2, 0) is 11.3 Å². The number of rotatable bonds is 8. The summed E-state index contributed by atoms with van der Waals surface area (Å²) in [5, 5.41) is 13.0. The molecular formula is C20H22ClN5OS. The van der Waals surface area contributed by atoms with Gasteiger partial charge in [0.2, 0.25) is 5.91 Å². The number of halogens is 1. The fourth-order valence-electron chi connectivity index (χ4n) is 2.81. The normalized spacial score (nSPS) is 12.0. The molecule has 6 nitrogen and oxygen atoms in total. The molecule has 0 aliphatic carbocycles. The van der Waals surface area contributed by atoms with Crippen molar-refractivity contribution in [3.8, 4) is 11.4 Å². The van der Waals surface area contributed by atoms with Gasteiger partial charge in [-0.1, -0.05) is 42.4 Å². The molecule has 0 aliphatic rings. The zero-order valence-corrected chi connectivity index (χ0v) is 17.4. The van der Waals surface area contributed by atoms with Crippen molar-refractivity contribution < 1.29 is 4.79 Å². The second kappa shape index (κ2) is 9.71. The van der Waals surface area contributed by atoms with Gasteiger partial charge in [0, 0.05) is 29.5 Å². The Morgan fingerprint density at radius 3 is 2.75 bits per heavy atom. The molecule has 1 N–H and O–H groups in total. The minimum atomic E-state index is -0.118. The number of nitrogens with one attached hydrogen (secondary N) is 1. The lowest BCUT2D eigenvalue weighted by Gasteiger charge is -2.14. The third-order valence-electron chi connectivity index (χ3n) is 4.16. The highest BCUT2D eigenvalue weighted by atomic mass is 35.5. The maximum absolute atomic E-state index is 12.4. The number of nitrogens with zero attached hydrogens (tertiary/aromatic N) is 4. The van der Waals surface area contributed by atoms with Gasteiger partial charge in [-0.15, -0.1) is 10.2 Å². The van der Waals surface area contributed by atoms with Gasteiger partial charge >= 0.3 is 0 Å². The molecule has 8 heteroatoms. The summed E-state index contributed by atoms with van der Waals surface area (Å²) in [6, 6.07) is 11.2. The van der Waals surface area contributed by atoms with Crippen molar-refractivity contribution in [2.45, 2.75) is 38.0 Å². The second-order valence-electron chi connectivity index (χ2n) is 6.33. The molecular weight excluding hydrogens is 394 g/mol. The van der Waals surface area contributed by atoms with E-state index in [0.717, 1.165) is 35.1 Å². The molecule has 0 saturated carbocycles. The Balaban J connectivity index is 1.65.